The number of rotatable bonds is 7. The summed E-state index contributed by atoms with van der Waals surface area (Å²) in [7, 11) is -3.30. The third kappa shape index (κ3) is 7.37. The second kappa shape index (κ2) is 11.7. The first-order valence-corrected chi connectivity index (χ1v) is 12.6. The average molecular weight is 549 g/mol. The first-order chi connectivity index (χ1) is 13.9. The van der Waals surface area contributed by atoms with Gasteiger partial charge in [0, 0.05) is 25.7 Å². The molecule has 2 atom stereocenters. The van der Waals surface area contributed by atoms with E-state index in [1.807, 2.05) is 38.1 Å². The van der Waals surface area contributed by atoms with E-state index in [4.69, 9.17) is 4.99 Å². The molecule has 0 amide bonds. The molecule has 170 valence electrons. The van der Waals surface area contributed by atoms with Gasteiger partial charge < -0.3 is 10.2 Å². The smallest absolute Gasteiger partial charge is 0.216 e. The van der Waals surface area contributed by atoms with E-state index >= 15 is 0 Å². The van der Waals surface area contributed by atoms with Gasteiger partial charge in [0.05, 0.1) is 12.3 Å². The van der Waals surface area contributed by atoms with Gasteiger partial charge in [-0.3, -0.25) is 0 Å². The van der Waals surface area contributed by atoms with Crippen molar-refractivity contribution in [1.29, 1.82) is 0 Å². The zero-order valence-corrected chi connectivity index (χ0v) is 21.6. The number of hydrogen-bond donors (Lipinski definition) is 2. The summed E-state index contributed by atoms with van der Waals surface area (Å²) < 4.78 is 26.8. The highest BCUT2D eigenvalue weighted by Crippen LogP contribution is 2.36. The number of nitrogens with one attached hydrogen (secondary N) is 2. The molecule has 1 heterocycles. The fourth-order valence-electron chi connectivity index (χ4n) is 4.53. The topological polar surface area (TPSA) is 73.8 Å². The number of hydrogen-bond acceptors (Lipinski definition) is 3. The van der Waals surface area contributed by atoms with Crippen LogP contribution in [0.2, 0.25) is 0 Å². The molecule has 8 heteroatoms. The summed E-state index contributed by atoms with van der Waals surface area (Å²) in [5, 5.41) is 3.45. The molecule has 1 aromatic rings. The summed E-state index contributed by atoms with van der Waals surface area (Å²) in [4.78, 5) is 7.30. The van der Waals surface area contributed by atoms with Crippen LogP contribution in [0.15, 0.2) is 29.3 Å². The number of fused-ring (bicyclic) bond motifs is 1. The molecule has 1 aliphatic carbocycles. The summed E-state index contributed by atoms with van der Waals surface area (Å²) in [6, 6.07) is 7.66. The fourth-order valence-corrected chi connectivity index (χ4v) is 5.96. The number of sulfonamides is 1. The zero-order chi connectivity index (χ0) is 20.9. The Balaban J connectivity index is 0.00000320. The minimum Gasteiger partial charge on any atom is -0.357 e. The Morgan fingerprint density at radius 2 is 1.67 bits per heavy atom. The molecule has 1 saturated heterocycles. The van der Waals surface area contributed by atoms with Crippen LogP contribution in [0.25, 0.3) is 0 Å². The van der Waals surface area contributed by atoms with E-state index in [0.717, 1.165) is 48.6 Å². The maximum Gasteiger partial charge on any atom is 0.216 e. The van der Waals surface area contributed by atoms with Crippen LogP contribution in [-0.4, -0.2) is 45.0 Å². The normalized spacial score (nSPS) is 22.0. The molecule has 1 aromatic carbocycles. The summed E-state index contributed by atoms with van der Waals surface area (Å²) in [5.41, 5.74) is 1.89. The minimum absolute atomic E-state index is 0. The molecule has 2 N–H and O–H groups in total. The zero-order valence-electron chi connectivity index (χ0n) is 18.4. The Kier molecular flexibility index (Phi) is 9.87. The Labute approximate surface area is 199 Å². The van der Waals surface area contributed by atoms with Gasteiger partial charge in [-0.25, -0.2) is 18.1 Å². The number of benzene rings is 1. The highest BCUT2D eigenvalue weighted by molar-refractivity contribution is 14.0. The third-order valence-corrected chi connectivity index (χ3v) is 7.36. The lowest BCUT2D eigenvalue weighted by Crippen LogP contribution is -2.40. The van der Waals surface area contributed by atoms with Crippen molar-refractivity contribution in [2.75, 3.05) is 19.6 Å². The van der Waals surface area contributed by atoms with Crippen molar-refractivity contribution < 1.29 is 8.42 Å². The molecule has 0 aromatic heterocycles. The van der Waals surface area contributed by atoms with Gasteiger partial charge in [-0.2, -0.15) is 0 Å². The van der Waals surface area contributed by atoms with Crippen molar-refractivity contribution in [3.8, 4) is 0 Å². The number of aliphatic imine (C=N–C) groups is 1. The number of likely N-dealkylation sites (tertiary alicyclic amines) is 1. The van der Waals surface area contributed by atoms with Gasteiger partial charge in [-0.1, -0.05) is 37.1 Å². The Morgan fingerprint density at radius 3 is 2.20 bits per heavy atom. The van der Waals surface area contributed by atoms with Crippen LogP contribution in [0, 0.1) is 11.8 Å². The molecule has 1 saturated carbocycles. The second-order valence-corrected chi connectivity index (χ2v) is 10.5. The van der Waals surface area contributed by atoms with Crippen LogP contribution >= 0.6 is 24.0 Å². The monoisotopic (exact) mass is 548 g/mol. The van der Waals surface area contributed by atoms with Crippen LogP contribution in [0.5, 0.6) is 0 Å². The van der Waals surface area contributed by atoms with Gasteiger partial charge in [0.15, 0.2) is 5.96 Å². The van der Waals surface area contributed by atoms with Crippen molar-refractivity contribution in [3.63, 3.8) is 0 Å². The van der Waals surface area contributed by atoms with E-state index in [1.165, 1.54) is 25.7 Å². The highest BCUT2D eigenvalue weighted by atomic mass is 127. The summed E-state index contributed by atoms with van der Waals surface area (Å²) in [6.45, 7) is 9.48. The summed E-state index contributed by atoms with van der Waals surface area (Å²) in [5.74, 6) is 2.67. The molecular formula is C22H37IN4O2S. The van der Waals surface area contributed by atoms with E-state index < -0.39 is 10.0 Å². The molecule has 0 bridgehead atoms. The van der Waals surface area contributed by atoms with E-state index in [9.17, 15) is 8.42 Å². The van der Waals surface area contributed by atoms with Crippen molar-refractivity contribution in [2.45, 2.75) is 64.8 Å². The molecule has 1 aliphatic heterocycles. The third-order valence-electron chi connectivity index (χ3n) is 5.82. The minimum atomic E-state index is -3.30. The van der Waals surface area contributed by atoms with Crippen LogP contribution in [0.4, 0.5) is 0 Å². The molecular weight excluding hydrogens is 511 g/mol. The number of nitrogens with zero attached hydrogens (tertiary/aromatic N) is 2. The molecule has 2 aliphatic rings. The van der Waals surface area contributed by atoms with Crippen molar-refractivity contribution in [2.24, 2.45) is 16.8 Å². The van der Waals surface area contributed by atoms with Crippen LogP contribution in [-0.2, 0) is 22.3 Å². The first kappa shape index (κ1) is 25.4. The van der Waals surface area contributed by atoms with Crippen molar-refractivity contribution in [1.82, 2.24) is 14.9 Å². The number of halogens is 1. The molecule has 3 rings (SSSR count). The second-order valence-electron chi connectivity index (χ2n) is 8.73. The molecule has 6 nitrogen and oxygen atoms in total. The molecule has 30 heavy (non-hydrogen) atoms. The maximum atomic E-state index is 12.1. The van der Waals surface area contributed by atoms with Crippen molar-refractivity contribution in [3.05, 3.63) is 35.4 Å². The van der Waals surface area contributed by atoms with Crippen LogP contribution < -0.4 is 10.0 Å². The molecule has 2 unspecified atom stereocenters. The predicted molar refractivity (Wildman–Crippen MR) is 135 cm³/mol. The van der Waals surface area contributed by atoms with Gasteiger partial charge in [0.25, 0.3) is 0 Å². The quantitative estimate of drug-likeness (QED) is 0.310. The summed E-state index contributed by atoms with van der Waals surface area (Å²) in [6.07, 6.45) is 5.46. The van der Waals surface area contributed by atoms with Gasteiger partial charge in [-0.05, 0) is 56.6 Å². The Morgan fingerprint density at radius 1 is 1.10 bits per heavy atom. The van der Waals surface area contributed by atoms with E-state index in [-0.39, 0.29) is 35.8 Å². The molecule has 2 fully saturated rings. The van der Waals surface area contributed by atoms with E-state index in [1.54, 1.807) is 0 Å². The predicted octanol–water partition coefficient (Wildman–Crippen LogP) is 3.72. The van der Waals surface area contributed by atoms with Crippen LogP contribution in [0.3, 0.4) is 0 Å². The lowest BCUT2D eigenvalue weighted by atomic mass is 9.82. The van der Waals surface area contributed by atoms with Crippen molar-refractivity contribution >= 4 is 40.0 Å². The Hall–Kier alpha value is -0.870. The number of guanidine groups is 1. The van der Waals surface area contributed by atoms with E-state index in [0.29, 0.717) is 6.54 Å². The maximum absolute atomic E-state index is 12.1. The molecule has 0 spiro atoms. The molecule has 0 radical (unpaired) electrons. The first-order valence-electron chi connectivity index (χ1n) is 11.0. The SMILES string of the molecule is CCNC(=NCc1ccc(CS(=O)(=O)NC(C)C)cc1)N1CC2CCCCC2C1.I. The van der Waals surface area contributed by atoms with Gasteiger partial charge in [0.2, 0.25) is 10.0 Å². The van der Waals surface area contributed by atoms with E-state index in [2.05, 4.69) is 21.9 Å². The largest absolute Gasteiger partial charge is 0.357 e. The van der Waals surface area contributed by atoms with Gasteiger partial charge in [0.1, 0.15) is 0 Å². The highest BCUT2D eigenvalue weighted by Gasteiger charge is 2.35. The summed E-state index contributed by atoms with van der Waals surface area (Å²) >= 11 is 0. The Bertz CT molecular complexity index is 782. The average Bonchev–Trinajstić information content (AvgIpc) is 3.09. The van der Waals surface area contributed by atoms with Crippen LogP contribution in [0.1, 0.15) is 57.6 Å². The lowest BCUT2D eigenvalue weighted by molar-refractivity contribution is 0.299. The van der Waals surface area contributed by atoms with Gasteiger partial charge in [-0.15, -0.1) is 24.0 Å². The standard InChI is InChI=1S/C22H36N4O2S.HI/c1-4-23-22(26-14-20-7-5-6-8-21(20)15-26)24-13-18-9-11-19(12-10-18)16-29(27,28)25-17(2)3;/h9-12,17,20-21,25H,4-8,13-16H2,1-3H3,(H,23,24);1H. The lowest BCUT2D eigenvalue weighted by Gasteiger charge is -2.22. The fraction of sp³-hybridized carbons (Fsp3) is 0.682. The van der Waals surface area contributed by atoms with Gasteiger partial charge >= 0.3 is 0 Å².